The van der Waals surface area contributed by atoms with Crippen LogP contribution >= 0.6 is 0 Å². The number of carbonyl (C=O) groups excluding carboxylic acids is 2. The Bertz CT molecular complexity index is 1810. The molecule has 0 unspecified atom stereocenters. The molecule has 5 aromatic rings. The molecule has 1 saturated heterocycles. The van der Waals surface area contributed by atoms with Gasteiger partial charge in [0.05, 0.1) is 34.5 Å². The number of piperidine rings is 1. The van der Waals surface area contributed by atoms with E-state index in [2.05, 4.69) is 15.3 Å². The molecule has 1 fully saturated rings. The number of sulfonamides is 1. The third-order valence-electron chi connectivity index (χ3n) is 7.30. The van der Waals surface area contributed by atoms with Gasteiger partial charge >= 0.3 is 0 Å². The summed E-state index contributed by atoms with van der Waals surface area (Å²) in [5.74, 6) is -0.547. The van der Waals surface area contributed by atoms with Crippen LogP contribution in [-0.4, -0.2) is 58.6 Å². The molecule has 0 bridgehead atoms. The van der Waals surface area contributed by atoms with Gasteiger partial charge in [0.25, 0.3) is 11.8 Å². The molecule has 2 atom stereocenters. The van der Waals surface area contributed by atoms with E-state index < -0.39 is 15.9 Å². The van der Waals surface area contributed by atoms with E-state index in [1.54, 1.807) is 40.0 Å². The van der Waals surface area contributed by atoms with Crippen molar-refractivity contribution >= 4 is 38.3 Å². The number of pyridine rings is 1. The number of nitrogens with two attached hydrogens (primary N) is 1. The number of imidazole rings is 1. The number of nitrogens with one attached hydrogen (secondary N) is 2. The van der Waals surface area contributed by atoms with Crippen LogP contribution < -0.4 is 10.5 Å². The molecular weight excluding hydrogens is 516 g/mol. The van der Waals surface area contributed by atoms with Crippen molar-refractivity contribution in [3.05, 3.63) is 102 Å². The Labute approximate surface area is 224 Å². The van der Waals surface area contributed by atoms with Gasteiger partial charge < -0.3 is 19.6 Å². The van der Waals surface area contributed by atoms with Gasteiger partial charge in [0.15, 0.2) is 0 Å². The van der Waals surface area contributed by atoms with Crippen molar-refractivity contribution in [1.82, 2.24) is 24.6 Å². The number of likely N-dealkylation sites (tertiary alicyclic amines) is 1. The van der Waals surface area contributed by atoms with E-state index in [0.717, 1.165) is 11.1 Å². The van der Waals surface area contributed by atoms with Crippen LogP contribution in [0, 0.1) is 0 Å². The Balaban J connectivity index is 1.31. The largest absolute Gasteiger partial charge is 0.350 e. The van der Waals surface area contributed by atoms with Crippen LogP contribution in [0.2, 0.25) is 0 Å². The van der Waals surface area contributed by atoms with Crippen LogP contribution in [0.3, 0.4) is 0 Å². The van der Waals surface area contributed by atoms with Crippen LogP contribution in [0.25, 0.3) is 16.4 Å². The Morgan fingerprint density at radius 2 is 1.87 bits per heavy atom. The van der Waals surface area contributed by atoms with E-state index >= 15 is 0 Å². The molecule has 2 aromatic carbocycles. The van der Waals surface area contributed by atoms with Gasteiger partial charge in [0.1, 0.15) is 5.69 Å². The minimum atomic E-state index is -3.97. The highest BCUT2D eigenvalue weighted by atomic mass is 32.2. The number of aromatic nitrogens is 3. The van der Waals surface area contributed by atoms with Crippen molar-refractivity contribution in [1.29, 1.82) is 0 Å². The zero-order chi connectivity index (χ0) is 27.1. The van der Waals surface area contributed by atoms with E-state index in [-0.39, 0.29) is 28.5 Å². The molecule has 1 aliphatic rings. The summed E-state index contributed by atoms with van der Waals surface area (Å²) in [6.07, 6.45) is 5.81. The third kappa shape index (κ3) is 4.66. The van der Waals surface area contributed by atoms with Gasteiger partial charge in [-0.3, -0.25) is 9.59 Å². The lowest BCUT2D eigenvalue weighted by Crippen LogP contribution is -2.53. The number of primary sulfonamides is 1. The number of carbonyl (C=O) groups is 2. The molecule has 198 valence electrons. The number of benzene rings is 2. The second kappa shape index (κ2) is 9.68. The summed E-state index contributed by atoms with van der Waals surface area (Å²) < 4.78 is 25.9. The van der Waals surface area contributed by atoms with Crippen molar-refractivity contribution in [2.24, 2.45) is 5.14 Å². The molecule has 3 aromatic heterocycles. The number of fused-ring (bicyclic) bond motifs is 2. The zero-order valence-corrected chi connectivity index (χ0v) is 21.6. The van der Waals surface area contributed by atoms with Crippen molar-refractivity contribution in [2.45, 2.75) is 23.3 Å². The lowest BCUT2D eigenvalue weighted by atomic mass is 9.85. The van der Waals surface area contributed by atoms with Gasteiger partial charge in [-0.05, 0) is 42.3 Å². The fourth-order valence-electron chi connectivity index (χ4n) is 5.43. The molecular formula is C28H26N6O4S. The van der Waals surface area contributed by atoms with Crippen molar-refractivity contribution in [2.75, 3.05) is 13.1 Å². The van der Waals surface area contributed by atoms with Crippen LogP contribution in [0.5, 0.6) is 0 Å². The predicted octanol–water partition coefficient (Wildman–Crippen LogP) is 2.89. The van der Waals surface area contributed by atoms with Gasteiger partial charge in [-0.15, -0.1) is 0 Å². The summed E-state index contributed by atoms with van der Waals surface area (Å²) in [6, 6.07) is 19.3. The van der Waals surface area contributed by atoms with E-state index in [1.165, 1.54) is 12.1 Å². The smallest absolute Gasteiger partial charge is 0.268 e. The standard InChI is InChI=1S/C28H26N6O4S/c29-39(37,38)26-10-4-9-22-21(26)14-23(31-22)27(35)32-24-16-33(13-11-19(24)18-6-2-1-3-7-18)28(36)20-8-5-12-34-17-30-15-25(20)34/h1-10,12,14-15,17,19,24,31H,11,13,16H2,(H,32,35)(H2,29,37,38)/t19-,24+/m0/s1. The number of hydrogen-bond donors (Lipinski definition) is 3. The molecule has 6 rings (SSSR count). The quantitative estimate of drug-likeness (QED) is 0.313. The van der Waals surface area contributed by atoms with Gasteiger partial charge in [-0.2, -0.15) is 0 Å². The minimum absolute atomic E-state index is 0.0191. The molecule has 4 heterocycles. The van der Waals surface area contributed by atoms with Crippen LogP contribution in [-0.2, 0) is 10.0 Å². The van der Waals surface area contributed by atoms with Crippen molar-refractivity contribution in [3.8, 4) is 0 Å². The third-order valence-corrected chi connectivity index (χ3v) is 8.27. The maximum atomic E-state index is 13.6. The molecule has 0 radical (unpaired) electrons. The second-order valence-corrected chi connectivity index (χ2v) is 11.2. The Morgan fingerprint density at radius 1 is 1.05 bits per heavy atom. The first-order valence-electron chi connectivity index (χ1n) is 12.5. The summed E-state index contributed by atoms with van der Waals surface area (Å²) in [5, 5.41) is 8.83. The second-order valence-electron chi connectivity index (χ2n) is 9.69. The van der Waals surface area contributed by atoms with E-state index in [0.29, 0.717) is 36.0 Å². The van der Waals surface area contributed by atoms with Gasteiger partial charge in [-0.1, -0.05) is 36.4 Å². The summed E-state index contributed by atoms with van der Waals surface area (Å²) in [7, 11) is -3.97. The van der Waals surface area contributed by atoms with E-state index in [1.807, 2.05) is 42.6 Å². The van der Waals surface area contributed by atoms with Crippen LogP contribution in [0.1, 0.15) is 38.7 Å². The summed E-state index contributed by atoms with van der Waals surface area (Å²) in [4.78, 5) is 35.9. The highest BCUT2D eigenvalue weighted by molar-refractivity contribution is 7.89. The highest BCUT2D eigenvalue weighted by Crippen LogP contribution is 2.30. The lowest BCUT2D eigenvalue weighted by molar-refractivity contribution is 0.0656. The monoisotopic (exact) mass is 542 g/mol. The Hall–Kier alpha value is -4.48. The summed E-state index contributed by atoms with van der Waals surface area (Å²) >= 11 is 0. The summed E-state index contributed by atoms with van der Waals surface area (Å²) in [5.41, 5.74) is 3.03. The van der Waals surface area contributed by atoms with E-state index in [4.69, 9.17) is 5.14 Å². The summed E-state index contributed by atoms with van der Waals surface area (Å²) in [6.45, 7) is 0.839. The van der Waals surface area contributed by atoms with Gasteiger partial charge in [-0.25, -0.2) is 18.5 Å². The van der Waals surface area contributed by atoms with Crippen LogP contribution in [0.15, 0.2) is 90.3 Å². The van der Waals surface area contributed by atoms with Crippen molar-refractivity contribution in [3.63, 3.8) is 0 Å². The maximum Gasteiger partial charge on any atom is 0.268 e. The maximum absolute atomic E-state index is 13.6. The fraction of sp³-hybridized carbons (Fsp3) is 0.179. The number of H-pyrrole nitrogens is 1. The van der Waals surface area contributed by atoms with E-state index in [9.17, 15) is 18.0 Å². The predicted molar refractivity (Wildman–Crippen MR) is 146 cm³/mol. The number of nitrogens with zero attached hydrogens (tertiary/aromatic N) is 3. The Kier molecular flexibility index (Phi) is 6.16. The Morgan fingerprint density at radius 3 is 2.67 bits per heavy atom. The molecule has 0 spiro atoms. The lowest BCUT2D eigenvalue weighted by Gasteiger charge is -2.39. The SMILES string of the molecule is NS(=O)(=O)c1cccc2[nH]c(C(=O)N[C@@H]3CN(C(=O)c4cccn5cncc45)CC[C@H]3c3ccccc3)cc12. The molecule has 1 aliphatic heterocycles. The van der Waals surface area contributed by atoms with Gasteiger partial charge in [0, 0.05) is 36.1 Å². The molecule has 2 amide bonds. The number of aromatic amines is 1. The van der Waals surface area contributed by atoms with Gasteiger partial charge in [0.2, 0.25) is 10.0 Å². The minimum Gasteiger partial charge on any atom is -0.350 e. The zero-order valence-electron chi connectivity index (χ0n) is 20.8. The molecule has 4 N–H and O–H groups in total. The van der Waals surface area contributed by atoms with Crippen molar-refractivity contribution < 1.29 is 18.0 Å². The normalized spacial score (nSPS) is 17.9. The molecule has 0 aliphatic carbocycles. The molecule has 11 heteroatoms. The van der Waals surface area contributed by atoms with Crippen LogP contribution in [0.4, 0.5) is 0 Å². The molecule has 0 saturated carbocycles. The number of rotatable bonds is 5. The first kappa shape index (κ1) is 24.8. The highest BCUT2D eigenvalue weighted by Gasteiger charge is 2.34. The molecule has 39 heavy (non-hydrogen) atoms. The molecule has 10 nitrogen and oxygen atoms in total. The number of hydrogen-bond acceptors (Lipinski definition) is 5. The average Bonchev–Trinajstić information content (AvgIpc) is 3.60. The topological polar surface area (TPSA) is 143 Å². The first-order chi connectivity index (χ1) is 18.8. The first-order valence-corrected chi connectivity index (χ1v) is 14.0. The number of amides is 2. The average molecular weight is 543 g/mol. The fourth-order valence-corrected chi connectivity index (χ4v) is 6.17.